The number of anilines is 2. The average Bonchev–Trinajstić information content (AvgIpc) is 2.19. The van der Waals surface area contributed by atoms with Crippen LogP contribution in [-0.4, -0.2) is 15.2 Å². The highest BCUT2D eigenvalue weighted by Crippen LogP contribution is 2.31. The molecule has 16 heavy (non-hydrogen) atoms. The first-order valence-electron chi connectivity index (χ1n) is 4.29. The summed E-state index contributed by atoms with van der Waals surface area (Å²) in [7, 11) is 0. The lowest BCUT2D eigenvalue weighted by molar-refractivity contribution is 0.999. The van der Waals surface area contributed by atoms with Gasteiger partial charge >= 0.3 is 0 Å². The zero-order chi connectivity index (χ0) is 11.7. The molecule has 2 aromatic rings. The van der Waals surface area contributed by atoms with Crippen LogP contribution in [0.25, 0.3) is 11.3 Å². The van der Waals surface area contributed by atoms with Gasteiger partial charge in [0.25, 0.3) is 0 Å². The maximum atomic E-state index is 6.06. The van der Waals surface area contributed by atoms with Crippen molar-refractivity contribution in [2.75, 3.05) is 11.5 Å². The molecule has 0 fully saturated rings. The summed E-state index contributed by atoms with van der Waals surface area (Å²) in [4.78, 5) is 3.83. The van der Waals surface area contributed by atoms with Gasteiger partial charge in [0.05, 0.1) is 5.02 Å². The molecule has 2 rings (SSSR count). The number of nitrogens with zero attached hydrogens (tertiary/aromatic N) is 3. The van der Waals surface area contributed by atoms with Crippen LogP contribution in [0.15, 0.2) is 22.7 Å². The van der Waals surface area contributed by atoms with Crippen molar-refractivity contribution in [3.63, 3.8) is 0 Å². The Hall–Kier alpha value is -1.40. The van der Waals surface area contributed by atoms with Gasteiger partial charge in [0, 0.05) is 10.0 Å². The summed E-state index contributed by atoms with van der Waals surface area (Å²) in [6.45, 7) is 0. The minimum atomic E-state index is 0.0366. The normalized spacial score (nSPS) is 10.4. The number of rotatable bonds is 1. The van der Waals surface area contributed by atoms with E-state index < -0.39 is 0 Å². The topological polar surface area (TPSA) is 90.7 Å². The third kappa shape index (κ3) is 2.07. The van der Waals surface area contributed by atoms with Crippen molar-refractivity contribution >= 4 is 39.3 Å². The minimum absolute atomic E-state index is 0.0366. The molecule has 0 bridgehead atoms. The average molecular weight is 301 g/mol. The Morgan fingerprint density at radius 3 is 2.56 bits per heavy atom. The minimum Gasteiger partial charge on any atom is -0.382 e. The number of hydrogen-bond acceptors (Lipinski definition) is 5. The summed E-state index contributed by atoms with van der Waals surface area (Å²) in [6.07, 6.45) is 0. The number of halogens is 2. The number of benzene rings is 1. The fraction of sp³-hybridized carbons (Fsp3) is 0. The van der Waals surface area contributed by atoms with Crippen molar-refractivity contribution in [2.45, 2.75) is 0 Å². The zero-order valence-corrected chi connectivity index (χ0v) is 10.3. The van der Waals surface area contributed by atoms with Crippen molar-refractivity contribution < 1.29 is 0 Å². The first-order chi connectivity index (χ1) is 7.58. The van der Waals surface area contributed by atoms with Gasteiger partial charge in [-0.2, -0.15) is 4.98 Å². The Labute approximate surface area is 105 Å². The second-order valence-electron chi connectivity index (χ2n) is 3.03. The smallest absolute Gasteiger partial charge is 0.242 e. The molecule has 1 aromatic heterocycles. The van der Waals surface area contributed by atoms with Crippen molar-refractivity contribution in [1.29, 1.82) is 0 Å². The quantitative estimate of drug-likeness (QED) is 0.842. The van der Waals surface area contributed by atoms with E-state index in [-0.39, 0.29) is 11.8 Å². The van der Waals surface area contributed by atoms with E-state index in [1.54, 1.807) is 12.1 Å². The van der Waals surface area contributed by atoms with Crippen LogP contribution in [-0.2, 0) is 0 Å². The highest BCUT2D eigenvalue weighted by Gasteiger charge is 2.11. The molecular formula is C9H7BrClN5. The van der Waals surface area contributed by atoms with Crippen molar-refractivity contribution in [3.8, 4) is 11.3 Å². The van der Waals surface area contributed by atoms with E-state index in [9.17, 15) is 0 Å². The predicted octanol–water partition coefficient (Wildman–Crippen LogP) is 2.12. The maximum absolute atomic E-state index is 6.06. The Morgan fingerprint density at radius 2 is 1.94 bits per heavy atom. The molecule has 0 amide bonds. The summed E-state index contributed by atoms with van der Waals surface area (Å²) in [5.74, 6) is 0.242. The van der Waals surface area contributed by atoms with Crippen LogP contribution in [0.2, 0.25) is 5.02 Å². The standard InChI is InChI=1S/C9H7BrClN5/c10-4-1-2-5(6(11)3-4)7-8(12)14-9(13)16-15-7/h1-3H,(H4,12,13,14,16). The van der Waals surface area contributed by atoms with Gasteiger partial charge in [-0.1, -0.05) is 27.5 Å². The molecule has 82 valence electrons. The second kappa shape index (κ2) is 4.23. The Morgan fingerprint density at radius 1 is 1.19 bits per heavy atom. The fourth-order valence-electron chi connectivity index (χ4n) is 1.22. The molecule has 0 aliphatic carbocycles. The van der Waals surface area contributed by atoms with E-state index in [1.165, 1.54) is 0 Å². The molecule has 0 spiro atoms. The van der Waals surface area contributed by atoms with Crippen LogP contribution in [0, 0.1) is 0 Å². The lowest BCUT2D eigenvalue weighted by atomic mass is 10.1. The fourth-order valence-corrected chi connectivity index (χ4v) is 1.99. The van der Waals surface area contributed by atoms with Gasteiger partial charge in [-0.25, -0.2) is 0 Å². The van der Waals surface area contributed by atoms with Gasteiger partial charge in [-0.3, -0.25) is 0 Å². The van der Waals surface area contributed by atoms with Gasteiger partial charge in [-0.15, -0.1) is 10.2 Å². The predicted molar refractivity (Wildman–Crippen MR) is 66.8 cm³/mol. The number of hydrogen-bond donors (Lipinski definition) is 2. The molecule has 0 aliphatic heterocycles. The third-order valence-corrected chi connectivity index (χ3v) is 2.72. The number of nitrogen functional groups attached to an aromatic ring is 2. The first kappa shape index (κ1) is 11.1. The summed E-state index contributed by atoms with van der Waals surface area (Å²) in [5, 5.41) is 8.04. The summed E-state index contributed by atoms with van der Waals surface area (Å²) in [6, 6.07) is 5.36. The summed E-state index contributed by atoms with van der Waals surface area (Å²) in [5.41, 5.74) is 12.2. The Bertz CT molecular complexity index is 496. The molecule has 0 saturated carbocycles. The van der Waals surface area contributed by atoms with Gasteiger partial charge in [0.1, 0.15) is 5.69 Å². The molecule has 1 aromatic carbocycles. The highest BCUT2D eigenvalue weighted by molar-refractivity contribution is 9.10. The van der Waals surface area contributed by atoms with E-state index in [4.69, 9.17) is 23.1 Å². The number of nitrogens with two attached hydrogens (primary N) is 2. The largest absolute Gasteiger partial charge is 0.382 e. The van der Waals surface area contributed by atoms with E-state index in [2.05, 4.69) is 31.1 Å². The monoisotopic (exact) mass is 299 g/mol. The van der Waals surface area contributed by atoms with E-state index in [0.29, 0.717) is 16.3 Å². The summed E-state index contributed by atoms with van der Waals surface area (Å²) >= 11 is 9.38. The van der Waals surface area contributed by atoms with Crippen LogP contribution in [0.4, 0.5) is 11.8 Å². The lowest BCUT2D eigenvalue weighted by Crippen LogP contribution is -2.04. The van der Waals surface area contributed by atoms with Crippen LogP contribution in [0.5, 0.6) is 0 Å². The Kier molecular flexibility index (Phi) is 2.93. The zero-order valence-electron chi connectivity index (χ0n) is 7.98. The summed E-state index contributed by atoms with van der Waals surface area (Å²) < 4.78 is 0.871. The highest BCUT2D eigenvalue weighted by atomic mass is 79.9. The van der Waals surface area contributed by atoms with Gasteiger partial charge in [0.2, 0.25) is 5.95 Å². The van der Waals surface area contributed by atoms with Gasteiger partial charge in [0.15, 0.2) is 5.82 Å². The molecule has 1 heterocycles. The molecule has 4 N–H and O–H groups in total. The molecule has 5 nitrogen and oxygen atoms in total. The van der Waals surface area contributed by atoms with Gasteiger partial charge in [-0.05, 0) is 18.2 Å². The number of aromatic nitrogens is 3. The second-order valence-corrected chi connectivity index (χ2v) is 4.35. The van der Waals surface area contributed by atoms with E-state index in [0.717, 1.165) is 4.47 Å². The van der Waals surface area contributed by atoms with Crippen molar-refractivity contribution in [2.24, 2.45) is 0 Å². The molecule has 0 aliphatic rings. The lowest BCUT2D eigenvalue weighted by Gasteiger charge is -2.05. The molecular weight excluding hydrogens is 293 g/mol. The van der Waals surface area contributed by atoms with E-state index in [1.807, 2.05) is 6.07 Å². The molecule has 0 radical (unpaired) electrons. The van der Waals surface area contributed by atoms with Crippen LogP contribution < -0.4 is 11.5 Å². The van der Waals surface area contributed by atoms with Crippen LogP contribution >= 0.6 is 27.5 Å². The third-order valence-electron chi connectivity index (χ3n) is 1.92. The Balaban J connectivity index is 2.59. The van der Waals surface area contributed by atoms with Crippen LogP contribution in [0.1, 0.15) is 0 Å². The van der Waals surface area contributed by atoms with Gasteiger partial charge < -0.3 is 11.5 Å². The molecule has 7 heteroatoms. The molecule has 0 saturated heterocycles. The SMILES string of the molecule is Nc1nnc(-c2ccc(Br)cc2Cl)c(N)n1. The van der Waals surface area contributed by atoms with Crippen LogP contribution in [0.3, 0.4) is 0 Å². The first-order valence-corrected chi connectivity index (χ1v) is 5.46. The van der Waals surface area contributed by atoms with Crippen molar-refractivity contribution in [3.05, 3.63) is 27.7 Å². The maximum Gasteiger partial charge on any atom is 0.242 e. The molecule has 0 unspecified atom stereocenters. The van der Waals surface area contributed by atoms with Crippen molar-refractivity contribution in [1.82, 2.24) is 15.2 Å². The molecule has 0 atom stereocenters. The van der Waals surface area contributed by atoms with E-state index >= 15 is 0 Å².